The Labute approximate surface area is 116 Å². The van der Waals surface area contributed by atoms with Crippen molar-refractivity contribution in [1.82, 2.24) is 14.5 Å². The highest BCUT2D eigenvalue weighted by Crippen LogP contribution is 2.25. The molecule has 0 N–H and O–H groups in total. The standard InChI is InChI=1S/C13H6BrFN4/c14-9-2-3-10-13(12(9)15)19(7-18-10)11-4-1-8(5-16)6-17-11/h1-4,6-7H. The molecule has 0 atom stereocenters. The zero-order valence-electron chi connectivity index (χ0n) is 9.51. The molecule has 92 valence electrons. The number of imidazole rings is 1. The summed E-state index contributed by atoms with van der Waals surface area (Å²) in [5.41, 5.74) is 1.35. The normalized spacial score (nSPS) is 10.6. The zero-order valence-corrected chi connectivity index (χ0v) is 11.1. The van der Waals surface area contributed by atoms with Crippen molar-refractivity contribution in [2.24, 2.45) is 0 Å². The van der Waals surface area contributed by atoms with Gasteiger partial charge in [0, 0.05) is 6.20 Å². The number of hydrogen-bond donors (Lipinski definition) is 0. The average molecular weight is 317 g/mol. The van der Waals surface area contributed by atoms with E-state index in [9.17, 15) is 4.39 Å². The van der Waals surface area contributed by atoms with Crippen molar-refractivity contribution < 1.29 is 4.39 Å². The van der Waals surface area contributed by atoms with Crippen LogP contribution in [0.4, 0.5) is 4.39 Å². The lowest BCUT2D eigenvalue weighted by Crippen LogP contribution is -1.97. The predicted molar refractivity (Wildman–Crippen MR) is 71.2 cm³/mol. The lowest BCUT2D eigenvalue weighted by atomic mass is 10.3. The Balaban J connectivity index is 2.25. The van der Waals surface area contributed by atoms with Crippen molar-refractivity contribution in [2.45, 2.75) is 0 Å². The maximum Gasteiger partial charge on any atom is 0.163 e. The van der Waals surface area contributed by atoms with Crippen LogP contribution in [0.5, 0.6) is 0 Å². The van der Waals surface area contributed by atoms with Crippen molar-refractivity contribution in [3.63, 3.8) is 0 Å². The van der Waals surface area contributed by atoms with Gasteiger partial charge in [0.1, 0.15) is 23.7 Å². The number of hydrogen-bond acceptors (Lipinski definition) is 3. The van der Waals surface area contributed by atoms with E-state index in [-0.39, 0.29) is 5.82 Å². The van der Waals surface area contributed by atoms with E-state index in [0.717, 1.165) is 0 Å². The van der Waals surface area contributed by atoms with Crippen LogP contribution >= 0.6 is 15.9 Å². The summed E-state index contributed by atoms with van der Waals surface area (Å²) in [5.74, 6) is 0.125. The Morgan fingerprint density at radius 3 is 2.74 bits per heavy atom. The van der Waals surface area contributed by atoms with Gasteiger partial charge in [0.2, 0.25) is 0 Å². The zero-order chi connectivity index (χ0) is 13.4. The van der Waals surface area contributed by atoms with Gasteiger partial charge in [0.15, 0.2) is 5.82 Å². The summed E-state index contributed by atoms with van der Waals surface area (Å²) in [6, 6.07) is 8.61. The molecular formula is C13H6BrFN4. The van der Waals surface area contributed by atoms with Gasteiger partial charge in [-0.2, -0.15) is 5.26 Å². The van der Waals surface area contributed by atoms with Crippen LogP contribution in [-0.2, 0) is 0 Å². The van der Waals surface area contributed by atoms with Crippen LogP contribution in [0.1, 0.15) is 5.56 Å². The molecule has 3 rings (SSSR count). The molecule has 0 aliphatic rings. The van der Waals surface area contributed by atoms with Gasteiger partial charge in [-0.05, 0) is 40.2 Å². The first-order valence-electron chi connectivity index (χ1n) is 5.38. The lowest BCUT2D eigenvalue weighted by Gasteiger charge is -2.04. The highest BCUT2D eigenvalue weighted by molar-refractivity contribution is 9.10. The highest BCUT2D eigenvalue weighted by Gasteiger charge is 2.13. The third-order valence-electron chi connectivity index (χ3n) is 2.72. The topological polar surface area (TPSA) is 54.5 Å². The highest BCUT2D eigenvalue weighted by atomic mass is 79.9. The Morgan fingerprint density at radius 2 is 2.05 bits per heavy atom. The molecule has 19 heavy (non-hydrogen) atoms. The number of halogens is 2. The molecule has 0 spiro atoms. The number of nitrogens with zero attached hydrogens (tertiary/aromatic N) is 4. The maximum atomic E-state index is 14.1. The number of pyridine rings is 1. The van der Waals surface area contributed by atoms with Gasteiger partial charge in [0.05, 0.1) is 15.6 Å². The Hall–Kier alpha value is -2.26. The van der Waals surface area contributed by atoms with Crippen LogP contribution in [0.15, 0.2) is 41.3 Å². The fourth-order valence-corrected chi connectivity index (χ4v) is 2.13. The van der Waals surface area contributed by atoms with Gasteiger partial charge in [-0.3, -0.25) is 4.57 Å². The molecule has 2 heterocycles. The van der Waals surface area contributed by atoms with Crippen molar-refractivity contribution in [3.8, 4) is 11.9 Å². The summed E-state index contributed by atoms with van der Waals surface area (Å²) < 4.78 is 16.1. The minimum Gasteiger partial charge on any atom is -0.280 e. The molecule has 0 unspecified atom stereocenters. The van der Waals surface area contributed by atoms with E-state index in [0.29, 0.717) is 26.9 Å². The van der Waals surface area contributed by atoms with Crippen molar-refractivity contribution >= 4 is 27.0 Å². The summed E-state index contributed by atoms with van der Waals surface area (Å²) in [7, 11) is 0. The van der Waals surface area contributed by atoms with Crippen LogP contribution in [0.2, 0.25) is 0 Å². The summed E-state index contributed by atoms with van der Waals surface area (Å²) in [4.78, 5) is 8.27. The van der Waals surface area contributed by atoms with Crippen LogP contribution in [0, 0.1) is 17.1 Å². The Morgan fingerprint density at radius 1 is 1.21 bits per heavy atom. The molecule has 0 fully saturated rings. The molecule has 0 amide bonds. The fourth-order valence-electron chi connectivity index (χ4n) is 1.81. The van der Waals surface area contributed by atoms with E-state index in [1.165, 1.54) is 12.5 Å². The quantitative estimate of drug-likeness (QED) is 0.692. The second kappa shape index (κ2) is 4.44. The van der Waals surface area contributed by atoms with Crippen LogP contribution < -0.4 is 0 Å². The van der Waals surface area contributed by atoms with E-state index in [1.807, 2.05) is 6.07 Å². The molecule has 0 aliphatic heterocycles. The van der Waals surface area contributed by atoms with Crippen LogP contribution in [-0.4, -0.2) is 14.5 Å². The summed E-state index contributed by atoms with van der Waals surface area (Å²) in [6.45, 7) is 0. The number of fused-ring (bicyclic) bond motifs is 1. The largest absolute Gasteiger partial charge is 0.280 e. The predicted octanol–water partition coefficient (Wildman–Crippen LogP) is 3.19. The number of aromatic nitrogens is 3. The molecule has 4 nitrogen and oxygen atoms in total. The number of benzene rings is 1. The first kappa shape index (κ1) is 11.8. The van der Waals surface area contributed by atoms with E-state index in [4.69, 9.17) is 5.26 Å². The Bertz CT molecular complexity index is 802. The van der Waals surface area contributed by atoms with E-state index in [2.05, 4.69) is 25.9 Å². The van der Waals surface area contributed by atoms with Crippen molar-refractivity contribution in [1.29, 1.82) is 5.26 Å². The van der Waals surface area contributed by atoms with Crippen LogP contribution in [0.3, 0.4) is 0 Å². The molecule has 0 saturated heterocycles. The van der Waals surface area contributed by atoms with Gasteiger partial charge in [-0.25, -0.2) is 14.4 Å². The summed E-state index contributed by atoms with van der Waals surface area (Å²) in [5, 5.41) is 8.74. The first-order chi connectivity index (χ1) is 9.20. The molecule has 0 bridgehead atoms. The van der Waals surface area contributed by atoms with E-state index < -0.39 is 0 Å². The second-order valence-electron chi connectivity index (χ2n) is 3.86. The van der Waals surface area contributed by atoms with Gasteiger partial charge < -0.3 is 0 Å². The molecule has 3 aromatic rings. The summed E-state index contributed by atoms with van der Waals surface area (Å²) >= 11 is 3.15. The SMILES string of the molecule is N#Cc1ccc(-n2cnc3ccc(Br)c(F)c32)nc1. The smallest absolute Gasteiger partial charge is 0.163 e. The van der Waals surface area contributed by atoms with E-state index >= 15 is 0 Å². The lowest BCUT2D eigenvalue weighted by molar-refractivity contribution is 0.628. The third-order valence-corrected chi connectivity index (χ3v) is 3.34. The van der Waals surface area contributed by atoms with Crippen molar-refractivity contribution in [2.75, 3.05) is 0 Å². The monoisotopic (exact) mass is 316 g/mol. The molecule has 1 aromatic carbocycles. The molecular weight excluding hydrogens is 311 g/mol. The number of rotatable bonds is 1. The van der Waals surface area contributed by atoms with Gasteiger partial charge in [-0.1, -0.05) is 0 Å². The van der Waals surface area contributed by atoms with Gasteiger partial charge in [0.25, 0.3) is 0 Å². The molecule has 0 saturated carbocycles. The van der Waals surface area contributed by atoms with Gasteiger partial charge in [-0.15, -0.1) is 0 Å². The average Bonchev–Trinajstić information content (AvgIpc) is 2.88. The van der Waals surface area contributed by atoms with Crippen molar-refractivity contribution in [3.05, 3.63) is 52.6 Å². The fraction of sp³-hybridized carbons (Fsp3) is 0. The first-order valence-corrected chi connectivity index (χ1v) is 6.17. The minimum absolute atomic E-state index is 0.353. The molecule has 2 aromatic heterocycles. The number of nitriles is 1. The molecule has 6 heteroatoms. The minimum atomic E-state index is -0.388. The van der Waals surface area contributed by atoms with Gasteiger partial charge >= 0.3 is 0 Å². The summed E-state index contributed by atoms with van der Waals surface area (Å²) in [6.07, 6.45) is 2.95. The molecule has 0 radical (unpaired) electrons. The third kappa shape index (κ3) is 1.88. The molecule has 0 aliphatic carbocycles. The Kier molecular flexibility index (Phi) is 2.76. The van der Waals surface area contributed by atoms with Crippen LogP contribution in [0.25, 0.3) is 16.9 Å². The van der Waals surface area contributed by atoms with E-state index in [1.54, 1.807) is 28.8 Å². The second-order valence-corrected chi connectivity index (χ2v) is 4.71. The maximum absolute atomic E-state index is 14.1.